The average Bonchev–Trinajstić information content (AvgIpc) is 2.28. The Morgan fingerprint density at radius 3 is 1.84 bits per heavy atom. The second-order valence-corrected chi connectivity index (χ2v) is 3.47. The Bertz CT molecular complexity index is 496. The molecule has 0 atom stereocenters. The van der Waals surface area contributed by atoms with Crippen molar-refractivity contribution in [3.63, 3.8) is 0 Å². The normalized spacial score (nSPS) is 12.1. The van der Waals surface area contributed by atoms with Crippen molar-refractivity contribution in [1.29, 1.82) is 0 Å². The summed E-state index contributed by atoms with van der Waals surface area (Å²) < 4.78 is 60.9. The molecule has 0 bridgehead atoms. The lowest BCUT2D eigenvalue weighted by molar-refractivity contribution is -0.267. The van der Waals surface area contributed by atoms with Crippen molar-refractivity contribution in [2.45, 2.75) is 12.1 Å². The van der Waals surface area contributed by atoms with Crippen LogP contribution in [0.4, 0.5) is 27.6 Å². The van der Waals surface area contributed by atoms with E-state index in [4.69, 9.17) is 5.73 Å². The van der Waals surface area contributed by atoms with E-state index in [2.05, 4.69) is 0 Å². The Balaban J connectivity index is 2.86. The van der Waals surface area contributed by atoms with Gasteiger partial charge in [0.25, 0.3) is 0 Å². The number of nitrogens with two attached hydrogens (primary N) is 1. The largest absolute Gasteiger partial charge is 0.463 e. The zero-order chi connectivity index (χ0) is 14.8. The van der Waals surface area contributed by atoms with Gasteiger partial charge in [-0.25, -0.2) is 0 Å². The van der Waals surface area contributed by atoms with Gasteiger partial charge in [-0.2, -0.15) is 22.0 Å². The lowest BCUT2D eigenvalue weighted by Gasteiger charge is -2.18. The summed E-state index contributed by atoms with van der Waals surface area (Å²) >= 11 is 0. The van der Waals surface area contributed by atoms with E-state index in [0.29, 0.717) is 0 Å². The number of alkyl halides is 5. The Hall–Kier alpha value is -2.19. The van der Waals surface area contributed by atoms with Gasteiger partial charge in [0.15, 0.2) is 0 Å². The maximum Gasteiger partial charge on any atom is 0.463 e. The highest BCUT2D eigenvalue weighted by Gasteiger charge is 2.63. The highest BCUT2D eigenvalue weighted by molar-refractivity contribution is 5.97. The van der Waals surface area contributed by atoms with Crippen LogP contribution in [0.3, 0.4) is 0 Å². The summed E-state index contributed by atoms with van der Waals surface area (Å²) in [6.07, 6.45) is -5.98. The molecule has 0 aliphatic rings. The number of hydrogen-bond donors (Lipinski definition) is 2. The molecule has 1 aromatic rings. The minimum Gasteiger partial charge on any atom is -0.366 e. The third kappa shape index (κ3) is 3.18. The summed E-state index contributed by atoms with van der Waals surface area (Å²) in [4.78, 5) is 21.5. The van der Waals surface area contributed by atoms with Crippen LogP contribution in [0.2, 0.25) is 0 Å². The van der Waals surface area contributed by atoms with E-state index in [1.54, 1.807) is 0 Å². The maximum atomic E-state index is 12.6. The van der Waals surface area contributed by atoms with Gasteiger partial charge in [-0.15, -0.1) is 0 Å². The fourth-order valence-electron chi connectivity index (χ4n) is 1.06. The highest BCUT2D eigenvalue weighted by Crippen LogP contribution is 2.36. The molecule has 0 fully saturated rings. The van der Waals surface area contributed by atoms with Crippen LogP contribution < -0.4 is 11.1 Å². The standard InChI is InChI=1S/C10H7F5N2O2/c11-9(12,10(13,14)15)8(19)17-6-3-1-5(2-4-6)7(16)18/h1-4H,(H2,16,18)(H,17,19). The number of nitrogens with one attached hydrogen (secondary N) is 1. The third-order valence-corrected chi connectivity index (χ3v) is 2.07. The Labute approximate surface area is 103 Å². The van der Waals surface area contributed by atoms with Gasteiger partial charge in [-0.3, -0.25) is 9.59 Å². The Morgan fingerprint density at radius 2 is 1.47 bits per heavy atom. The van der Waals surface area contributed by atoms with Crippen molar-refractivity contribution in [3.05, 3.63) is 29.8 Å². The number of rotatable bonds is 3. The zero-order valence-corrected chi connectivity index (χ0v) is 9.09. The van der Waals surface area contributed by atoms with Crippen molar-refractivity contribution in [3.8, 4) is 0 Å². The van der Waals surface area contributed by atoms with Gasteiger partial charge >= 0.3 is 18.0 Å². The quantitative estimate of drug-likeness (QED) is 0.831. The first-order valence-electron chi connectivity index (χ1n) is 4.71. The summed E-state index contributed by atoms with van der Waals surface area (Å²) in [6, 6.07) is 4.10. The SMILES string of the molecule is NC(=O)c1ccc(NC(=O)C(F)(F)C(F)(F)F)cc1. The summed E-state index contributed by atoms with van der Waals surface area (Å²) in [5.41, 5.74) is 4.59. The molecule has 1 rings (SSSR count). The van der Waals surface area contributed by atoms with E-state index in [9.17, 15) is 31.5 Å². The topological polar surface area (TPSA) is 72.2 Å². The van der Waals surface area contributed by atoms with Gasteiger partial charge < -0.3 is 11.1 Å². The molecule has 0 aliphatic carbocycles. The molecule has 3 N–H and O–H groups in total. The van der Waals surface area contributed by atoms with E-state index >= 15 is 0 Å². The van der Waals surface area contributed by atoms with Crippen LogP contribution in [0.1, 0.15) is 10.4 Å². The predicted octanol–water partition coefficient (Wildman–Crippen LogP) is 1.92. The number of primary amides is 1. The molecule has 1 aromatic carbocycles. The van der Waals surface area contributed by atoms with Crippen LogP contribution >= 0.6 is 0 Å². The smallest absolute Gasteiger partial charge is 0.366 e. The first-order chi connectivity index (χ1) is 8.55. The molecular weight excluding hydrogens is 275 g/mol. The van der Waals surface area contributed by atoms with Crippen molar-refractivity contribution < 1.29 is 31.5 Å². The second kappa shape index (κ2) is 4.82. The molecule has 0 radical (unpaired) electrons. The van der Waals surface area contributed by atoms with Crippen LogP contribution in [0.5, 0.6) is 0 Å². The molecule has 0 heterocycles. The van der Waals surface area contributed by atoms with Gasteiger partial charge in [-0.1, -0.05) is 0 Å². The Kier molecular flexibility index (Phi) is 3.78. The molecule has 0 saturated heterocycles. The van der Waals surface area contributed by atoms with Crippen molar-refractivity contribution in [2.75, 3.05) is 5.32 Å². The number of carbonyl (C=O) groups is 2. The average molecular weight is 282 g/mol. The van der Waals surface area contributed by atoms with Crippen molar-refractivity contribution in [2.24, 2.45) is 5.73 Å². The van der Waals surface area contributed by atoms with Gasteiger partial charge in [0.05, 0.1) is 0 Å². The molecule has 0 unspecified atom stereocenters. The zero-order valence-electron chi connectivity index (χ0n) is 9.09. The number of benzene rings is 1. The molecule has 4 nitrogen and oxygen atoms in total. The van der Waals surface area contributed by atoms with Crippen molar-refractivity contribution >= 4 is 17.5 Å². The molecule has 104 valence electrons. The summed E-state index contributed by atoms with van der Waals surface area (Å²) in [5.74, 6) is -8.82. The molecule has 0 spiro atoms. The van der Waals surface area contributed by atoms with E-state index < -0.39 is 23.9 Å². The molecule has 0 aromatic heterocycles. The maximum absolute atomic E-state index is 12.6. The molecule has 9 heteroatoms. The lowest BCUT2D eigenvalue weighted by atomic mass is 10.2. The van der Waals surface area contributed by atoms with E-state index in [1.165, 1.54) is 5.32 Å². The van der Waals surface area contributed by atoms with Gasteiger partial charge in [0.1, 0.15) is 0 Å². The number of carbonyl (C=O) groups excluding carboxylic acids is 2. The van der Waals surface area contributed by atoms with Crippen LogP contribution in [0, 0.1) is 0 Å². The second-order valence-electron chi connectivity index (χ2n) is 3.47. The molecule has 19 heavy (non-hydrogen) atoms. The summed E-state index contributed by atoms with van der Waals surface area (Å²) in [6.45, 7) is 0. The van der Waals surface area contributed by atoms with Gasteiger partial charge in [-0.05, 0) is 24.3 Å². The van der Waals surface area contributed by atoms with Gasteiger partial charge in [0, 0.05) is 11.3 Å². The van der Waals surface area contributed by atoms with Crippen LogP contribution in [-0.2, 0) is 4.79 Å². The molecule has 0 aliphatic heterocycles. The van der Waals surface area contributed by atoms with Crippen LogP contribution in [0.25, 0.3) is 0 Å². The predicted molar refractivity (Wildman–Crippen MR) is 54.6 cm³/mol. The summed E-state index contributed by atoms with van der Waals surface area (Å²) in [5, 5.41) is 1.39. The molecular formula is C10H7F5N2O2. The van der Waals surface area contributed by atoms with E-state index in [1.807, 2.05) is 0 Å². The number of hydrogen-bond acceptors (Lipinski definition) is 2. The van der Waals surface area contributed by atoms with Gasteiger partial charge in [0.2, 0.25) is 5.91 Å². The minimum atomic E-state index is -5.98. The summed E-state index contributed by atoms with van der Waals surface area (Å²) in [7, 11) is 0. The number of halogens is 5. The first kappa shape index (κ1) is 14.9. The Morgan fingerprint density at radius 1 is 1.00 bits per heavy atom. The molecule has 0 saturated carbocycles. The number of anilines is 1. The lowest BCUT2D eigenvalue weighted by Crippen LogP contribution is -2.47. The first-order valence-corrected chi connectivity index (χ1v) is 4.71. The fraction of sp³-hybridized carbons (Fsp3) is 0.200. The number of amides is 2. The molecule has 2 amide bonds. The third-order valence-electron chi connectivity index (χ3n) is 2.07. The van der Waals surface area contributed by atoms with Crippen molar-refractivity contribution in [1.82, 2.24) is 0 Å². The van der Waals surface area contributed by atoms with E-state index in [0.717, 1.165) is 24.3 Å². The van der Waals surface area contributed by atoms with E-state index in [-0.39, 0.29) is 11.3 Å². The van der Waals surface area contributed by atoms with Crippen LogP contribution in [0.15, 0.2) is 24.3 Å². The highest BCUT2D eigenvalue weighted by atomic mass is 19.4. The van der Waals surface area contributed by atoms with Crippen LogP contribution in [-0.4, -0.2) is 23.9 Å². The minimum absolute atomic E-state index is 0.0144. The fourth-order valence-corrected chi connectivity index (χ4v) is 1.06. The monoisotopic (exact) mass is 282 g/mol.